The van der Waals surface area contributed by atoms with Crippen LogP contribution in [0.4, 0.5) is 5.95 Å². The smallest absolute Gasteiger partial charge is 0.222 e. The molecule has 0 unspecified atom stereocenters. The van der Waals surface area contributed by atoms with Crippen molar-refractivity contribution in [2.75, 3.05) is 5.73 Å². The third-order valence-corrected chi connectivity index (χ3v) is 3.09. The van der Waals surface area contributed by atoms with Gasteiger partial charge in [0.25, 0.3) is 0 Å². The fraction of sp³-hybridized carbons (Fsp3) is 0.214. The summed E-state index contributed by atoms with van der Waals surface area (Å²) >= 11 is 0. The van der Waals surface area contributed by atoms with Crippen LogP contribution in [0.1, 0.15) is 18.9 Å². The van der Waals surface area contributed by atoms with Crippen LogP contribution >= 0.6 is 0 Å². The number of anilines is 1. The monoisotopic (exact) mass is 253 g/mol. The lowest BCUT2D eigenvalue weighted by Crippen LogP contribution is -1.97. The first-order valence-corrected chi connectivity index (χ1v) is 6.34. The van der Waals surface area contributed by atoms with Crippen LogP contribution < -0.4 is 5.73 Å². The van der Waals surface area contributed by atoms with E-state index in [1.165, 1.54) is 5.56 Å². The van der Waals surface area contributed by atoms with Gasteiger partial charge >= 0.3 is 0 Å². The first-order chi connectivity index (χ1) is 9.28. The highest BCUT2D eigenvalue weighted by Crippen LogP contribution is 2.25. The number of nitrogens with two attached hydrogens (primary N) is 1. The Bertz CT molecular complexity index is 699. The maximum absolute atomic E-state index is 5.73. The lowest BCUT2D eigenvalue weighted by molar-refractivity contribution is 0.922. The van der Waals surface area contributed by atoms with Gasteiger partial charge in [0.2, 0.25) is 5.95 Å². The second kappa shape index (κ2) is 4.68. The molecule has 0 saturated carbocycles. The summed E-state index contributed by atoms with van der Waals surface area (Å²) in [6, 6.07) is 8.39. The number of H-pyrrole nitrogens is 1. The molecule has 0 aliphatic rings. The quantitative estimate of drug-likeness (QED) is 0.751. The van der Waals surface area contributed by atoms with Crippen LogP contribution in [0.5, 0.6) is 0 Å². The predicted octanol–water partition coefficient (Wildman–Crippen LogP) is 2.55. The van der Waals surface area contributed by atoms with Crippen molar-refractivity contribution in [1.82, 2.24) is 20.2 Å². The van der Waals surface area contributed by atoms with Gasteiger partial charge in [-0.3, -0.25) is 5.10 Å². The van der Waals surface area contributed by atoms with Gasteiger partial charge in [0.1, 0.15) is 0 Å². The van der Waals surface area contributed by atoms with Crippen LogP contribution in [-0.2, 0) is 6.42 Å². The Kier molecular flexibility index (Phi) is 2.87. The molecular formula is C14H15N5. The van der Waals surface area contributed by atoms with Gasteiger partial charge in [-0.2, -0.15) is 10.1 Å². The van der Waals surface area contributed by atoms with E-state index in [0.29, 0.717) is 5.65 Å². The van der Waals surface area contributed by atoms with Crippen molar-refractivity contribution in [3.05, 3.63) is 36.0 Å². The van der Waals surface area contributed by atoms with Crippen LogP contribution in [0.15, 0.2) is 30.5 Å². The second-order valence-electron chi connectivity index (χ2n) is 4.51. The maximum atomic E-state index is 5.73. The van der Waals surface area contributed by atoms with Crippen molar-refractivity contribution in [3.63, 3.8) is 0 Å². The van der Waals surface area contributed by atoms with Crippen LogP contribution in [0.2, 0.25) is 0 Å². The number of nitrogen functional groups attached to an aromatic ring is 1. The van der Waals surface area contributed by atoms with Gasteiger partial charge in [0.15, 0.2) is 5.65 Å². The number of hydrogen-bond donors (Lipinski definition) is 2. The topological polar surface area (TPSA) is 80.5 Å². The molecular weight excluding hydrogens is 238 g/mol. The molecule has 0 aliphatic heterocycles. The molecule has 0 atom stereocenters. The molecule has 3 N–H and O–H groups in total. The largest absolute Gasteiger partial charge is 0.368 e. The summed E-state index contributed by atoms with van der Waals surface area (Å²) < 4.78 is 0. The van der Waals surface area contributed by atoms with E-state index >= 15 is 0 Å². The number of fused-ring (bicyclic) bond motifs is 1. The second-order valence-corrected chi connectivity index (χ2v) is 4.51. The fourth-order valence-corrected chi connectivity index (χ4v) is 2.19. The van der Waals surface area contributed by atoms with Gasteiger partial charge in [0.05, 0.1) is 17.3 Å². The van der Waals surface area contributed by atoms with E-state index in [1.54, 1.807) is 6.20 Å². The molecule has 0 bridgehead atoms. The Morgan fingerprint density at radius 2 is 1.95 bits per heavy atom. The van der Waals surface area contributed by atoms with Gasteiger partial charge in [-0.1, -0.05) is 37.6 Å². The fourth-order valence-electron chi connectivity index (χ4n) is 2.19. The summed E-state index contributed by atoms with van der Waals surface area (Å²) in [5.74, 6) is 0.254. The Hall–Kier alpha value is -2.43. The van der Waals surface area contributed by atoms with Crippen molar-refractivity contribution < 1.29 is 0 Å². The summed E-state index contributed by atoms with van der Waals surface area (Å²) in [5, 5.41) is 7.70. The normalized spacial score (nSPS) is 11.0. The number of aromatic nitrogens is 4. The summed E-state index contributed by atoms with van der Waals surface area (Å²) in [6.45, 7) is 2.17. The summed E-state index contributed by atoms with van der Waals surface area (Å²) in [5.41, 5.74) is 9.57. The van der Waals surface area contributed by atoms with Crippen molar-refractivity contribution >= 4 is 17.0 Å². The van der Waals surface area contributed by atoms with E-state index in [9.17, 15) is 0 Å². The van der Waals surface area contributed by atoms with Crippen LogP contribution in [0, 0.1) is 0 Å². The molecule has 2 heterocycles. The van der Waals surface area contributed by atoms with Crippen molar-refractivity contribution in [2.24, 2.45) is 0 Å². The number of nitrogens with one attached hydrogen (secondary N) is 1. The van der Waals surface area contributed by atoms with Gasteiger partial charge in [-0.25, -0.2) is 4.98 Å². The molecule has 0 saturated heterocycles. The minimum atomic E-state index is 0.254. The van der Waals surface area contributed by atoms with Gasteiger partial charge in [-0.15, -0.1) is 0 Å². The number of benzene rings is 1. The third kappa shape index (κ3) is 2.14. The molecule has 2 aromatic heterocycles. The van der Waals surface area contributed by atoms with Crippen LogP contribution in [0.3, 0.4) is 0 Å². The minimum absolute atomic E-state index is 0.254. The molecule has 0 fully saturated rings. The van der Waals surface area contributed by atoms with Gasteiger partial charge in [-0.05, 0) is 12.0 Å². The highest BCUT2D eigenvalue weighted by atomic mass is 15.2. The zero-order valence-corrected chi connectivity index (χ0v) is 10.7. The third-order valence-electron chi connectivity index (χ3n) is 3.09. The average molecular weight is 253 g/mol. The predicted molar refractivity (Wildman–Crippen MR) is 75.5 cm³/mol. The van der Waals surface area contributed by atoms with E-state index in [2.05, 4.69) is 51.4 Å². The van der Waals surface area contributed by atoms with E-state index in [0.717, 1.165) is 29.5 Å². The molecule has 0 radical (unpaired) electrons. The first kappa shape index (κ1) is 11.6. The highest BCUT2D eigenvalue weighted by Gasteiger charge is 2.09. The zero-order valence-electron chi connectivity index (χ0n) is 10.7. The lowest BCUT2D eigenvalue weighted by Gasteiger charge is -2.05. The van der Waals surface area contributed by atoms with Crippen molar-refractivity contribution in [3.8, 4) is 11.3 Å². The molecule has 19 heavy (non-hydrogen) atoms. The minimum Gasteiger partial charge on any atom is -0.368 e. The molecule has 0 aliphatic carbocycles. The number of aryl methyl sites for hydroxylation is 1. The Morgan fingerprint density at radius 1 is 1.16 bits per heavy atom. The Balaban J connectivity index is 2.10. The summed E-state index contributed by atoms with van der Waals surface area (Å²) in [4.78, 5) is 8.44. The van der Waals surface area contributed by atoms with E-state index in [1.807, 2.05) is 0 Å². The van der Waals surface area contributed by atoms with E-state index < -0.39 is 0 Å². The maximum Gasteiger partial charge on any atom is 0.222 e. The molecule has 5 nitrogen and oxygen atoms in total. The van der Waals surface area contributed by atoms with Crippen molar-refractivity contribution in [1.29, 1.82) is 0 Å². The molecule has 5 heteroatoms. The standard InChI is InChI=1S/C14H15N5/c1-2-3-9-4-6-10(7-5-9)12-11-8-16-19-13(11)18-14(15)17-12/h4-8H,2-3H2,1H3,(H3,15,16,17,18,19). The number of hydrogen-bond acceptors (Lipinski definition) is 4. The lowest BCUT2D eigenvalue weighted by atomic mass is 10.0. The molecule has 3 rings (SSSR count). The van der Waals surface area contributed by atoms with Gasteiger partial charge in [0, 0.05) is 5.56 Å². The molecule has 96 valence electrons. The number of aromatic amines is 1. The first-order valence-electron chi connectivity index (χ1n) is 6.34. The highest BCUT2D eigenvalue weighted by molar-refractivity contribution is 5.90. The Morgan fingerprint density at radius 3 is 2.68 bits per heavy atom. The zero-order chi connectivity index (χ0) is 13.2. The Labute approximate surface area is 110 Å². The molecule has 0 spiro atoms. The summed E-state index contributed by atoms with van der Waals surface area (Å²) in [6.07, 6.45) is 3.96. The SMILES string of the molecule is CCCc1ccc(-c2nc(N)nc3[nH]ncc23)cc1. The van der Waals surface area contributed by atoms with E-state index in [-0.39, 0.29) is 5.95 Å². The number of nitrogens with zero attached hydrogens (tertiary/aromatic N) is 3. The number of rotatable bonds is 3. The van der Waals surface area contributed by atoms with Gasteiger partial charge < -0.3 is 5.73 Å². The summed E-state index contributed by atoms with van der Waals surface area (Å²) in [7, 11) is 0. The average Bonchev–Trinajstić information content (AvgIpc) is 2.87. The molecule has 1 aromatic carbocycles. The molecule has 3 aromatic rings. The van der Waals surface area contributed by atoms with Crippen LogP contribution in [0.25, 0.3) is 22.3 Å². The molecule has 0 amide bonds. The van der Waals surface area contributed by atoms with Crippen LogP contribution in [-0.4, -0.2) is 20.2 Å². The van der Waals surface area contributed by atoms with E-state index in [4.69, 9.17) is 5.73 Å². The van der Waals surface area contributed by atoms with Crippen molar-refractivity contribution in [2.45, 2.75) is 19.8 Å².